The molecule has 3 rings (SSSR count). The SMILES string of the molecule is Cc1cccc(C(=O)c2c(C)c(C#N)c(=O)n(Cc3ccco3)c2O)c1. The number of nitriles is 1. The minimum atomic E-state index is -0.667. The third kappa shape index (κ3) is 2.91. The van der Waals surface area contributed by atoms with Crippen molar-refractivity contribution < 1.29 is 14.3 Å². The van der Waals surface area contributed by atoms with Crippen molar-refractivity contribution in [3.63, 3.8) is 0 Å². The van der Waals surface area contributed by atoms with Crippen molar-refractivity contribution in [2.45, 2.75) is 20.4 Å². The molecule has 6 heteroatoms. The standard InChI is InChI=1S/C20H16N2O4/c1-12-5-3-6-14(9-12)18(23)17-13(2)16(10-21)19(24)22(20(17)25)11-15-7-4-8-26-15/h3-9,25H,11H2,1-2H3. The lowest BCUT2D eigenvalue weighted by molar-refractivity contribution is 0.103. The monoisotopic (exact) mass is 348 g/mol. The van der Waals surface area contributed by atoms with Crippen LogP contribution in [0.1, 0.15) is 38.4 Å². The molecule has 0 saturated carbocycles. The summed E-state index contributed by atoms with van der Waals surface area (Å²) >= 11 is 0. The average molecular weight is 348 g/mol. The predicted octanol–water partition coefficient (Wildman–Crippen LogP) is 2.91. The first-order chi connectivity index (χ1) is 12.4. The summed E-state index contributed by atoms with van der Waals surface area (Å²) in [5.41, 5.74) is 0.522. The fourth-order valence-electron chi connectivity index (χ4n) is 2.86. The van der Waals surface area contributed by atoms with Gasteiger partial charge in [-0.2, -0.15) is 5.26 Å². The van der Waals surface area contributed by atoms with E-state index in [1.807, 2.05) is 19.1 Å². The molecule has 0 spiro atoms. The number of aromatic hydroxyl groups is 1. The summed E-state index contributed by atoms with van der Waals surface area (Å²) in [5.74, 6) is -0.508. The number of rotatable bonds is 4. The van der Waals surface area contributed by atoms with Crippen molar-refractivity contribution >= 4 is 5.78 Å². The molecule has 2 aromatic heterocycles. The number of hydrogen-bond donors (Lipinski definition) is 1. The van der Waals surface area contributed by atoms with E-state index in [0.717, 1.165) is 10.1 Å². The van der Waals surface area contributed by atoms with Gasteiger partial charge in [0.15, 0.2) is 5.78 Å². The quantitative estimate of drug-likeness (QED) is 0.731. The molecule has 0 aliphatic carbocycles. The Hall–Kier alpha value is -3.59. The van der Waals surface area contributed by atoms with E-state index in [0.29, 0.717) is 11.3 Å². The number of nitrogens with zero attached hydrogens (tertiary/aromatic N) is 2. The lowest BCUT2D eigenvalue weighted by atomic mass is 9.96. The number of hydrogen-bond acceptors (Lipinski definition) is 5. The third-order valence-corrected chi connectivity index (χ3v) is 4.20. The molecule has 1 N–H and O–H groups in total. The normalized spacial score (nSPS) is 10.5. The molecule has 0 aliphatic rings. The molecule has 6 nitrogen and oxygen atoms in total. The topological polar surface area (TPSA) is 96.2 Å². The summed E-state index contributed by atoms with van der Waals surface area (Å²) in [5, 5.41) is 20.0. The Bertz CT molecular complexity index is 1090. The Morgan fingerprint density at radius 3 is 2.65 bits per heavy atom. The first kappa shape index (κ1) is 17.2. The lowest BCUT2D eigenvalue weighted by Crippen LogP contribution is -2.27. The Balaban J connectivity index is 2.23. The van der Waals surface area contributed by atoms with Gasteiger partial charge in [0.25, 0.3) is 5.56 Å². The van der Waals surface area contributed by atoms with Crippen molar-refractivity contribution in [1.82, 2.24) is 4.57 Å². The second-order valence-electron chi connectivity index (χ2n) is 5.98. The van der Waals surface area contributed by atoms with Crippen LogP contribution in [0, 0.1) is 25.2 Å². The van der Waals surface area contributed by atoms with Gasteiger partial charge in [0.1, 0.15) is 17.4 Å². The van der Waals surface area contributed by atoms with Gasteiger partial charge in [-0.1, -0.05) is 23.8 Å². The Labute approximate surface area is 149 Å². The minimum Gasteiger partial charge on any atom is -0.494 e. The fourth-order valence-corrected chi connectivity index (χ4v) is 2.86. The number of carbonyl (C=O) groups excluding carboxylic acids is 1. The maximum absolute atomic E-state index is 13.0. The van der Waals surface area contributed by atoms with E-state index >= 15 is 0 Å². The van der Waals surface area contributed by atoms with Crippen molar-refractivity contribution in [3.05, 3.63) is 86.6 Å². The van der Waals surface area contributed by atoms with Crippen molar-refractivity contribution in [3.8, 4) is 11.9 Å². The first-order valence-corrected chi connectivity index (χ1v) is 7.94. The Morgan fingerprint density at radius 2 is 2.04 bits per heavy atom. The average Bonchev–Trinajstić information content (AvgIpc) is 3.12. The molecule has 0 amide bonds. The van der Waals surface area contributed by atoms with Crippen LogP contribution >= 0.6 is 0 Å². The zero-order valence-electron chi connectivity index (χ0n) is 14.3. The number of aromatic nitrogens is 1. The van der Waals surface area contributed by atoms with Crippen molar-refractivity contribution in [1.29, 1.82) is 5.26 Å². The molecule has 0 fully saturated rings. The Kier molecular flexibility index (Phi) is 4.46. The number of carbonyl (C=O) groups is 1. The number of aryl methyl sites for hydroxylation is 1. The summed E-state index contributed by atoms with van der Waals surface area (Å²) in [4.78, 5) is 25.5. The van der Waals surface area contributed by atoms with Crippen LogP contribution in [0.3, 0.4) is 0 Å². The molecule has 0 aliphatic heterocycles. The fraction of sp³-hybridized carbons (Fsp3) is 0.150. The minimum absolute atomic E-state index is 0.0571. The number of ketones is 1. The molecule has 2 heterocycles. The molecular weight excluding hydrogens is 332 g/mol. The van der Waals surface area contributed by atoms with Gasteiger partial charge < -0.3 is 9.52 Å². The highest BCUT2D eigenvalue weighted by Gasteiger charge is 2.25. The highest BCUT2D eigenvalue weighted by molar-refractivity contribution is 6.11. The van der Waals surface area contributed by atoms with E-state index in [4.69, 9.17) is 4.42 Å². The third-order valence-electron chi connectivity index (χ3n) is 4.20. The second kappa shape index (κ2) is 6.73. The van der Waals surface area contributed by atoms with Crippen LogP contribution in [0.15, 0.2) is 51.9 Å². The predicted molar refractivity (Wildman–Crippen MR) is 94.2 cm³/mol. The molecule has 1 aromatic carbocycles. The van der Waals surface area contributed by atoms with E-state index in [9.17, 15) is 20.0 Å². The highest BCUT2D eigenvalue weighted by atomic mass is 16.3. The molecular formula is C20H16N2O4. The largest absolute Gasteiger partial charge is 0.494 e. The van der Waals surface area contributed by atoms with Gasteiger partial charge in [-0.15, -0.1) is 0 Å². The summed E-state index contributed by atoms with van der Waals surface area (Å²) in [6.07, 6.45) is 1.44. The lowest BCUT2D eigenvalue weighted by Gasteiger charge is -2.15. The van der Waals surface area contributed by atoms with E-state index in [-0.39, 0.29) is 23.2 Å². The van der Waals surface area contributed by atoms with Gasteiger partial charge in [-0.3, -0.25) is 14.2 Å². The summed E-state index contributed by atoms with van der Waals surface area (Å²) in [6, 6.07) is 12.0. The molecule has 0 bridgehead atoms. The van der Waals surface area contributed by atoms with Gasteiger partial charge in [0.05, 0.1) is 18.4 Å². The first-order valence-electron chi connectivity index (χ1n) is 7.94. The van der Waals surface area contributed by atoms with E-state index in [1.54, 1.807) is 30.3 Å². The van der Waals surface area contributed by atoms with Crippen LogP contribution in [-0.4, -0.2) is 15.5 Å². The Morgan fingerprint density at radius 1 is 1.27 bits per heavy atom. The van der Waals surface area contributed by atoms with Crippen LogP contribution in [-0.2, 0) is 6.54 Å². The molecule has 26 heavy (non-hydrogen) atoms. The molecule has 130 valence electrons. The second-order valence-corrected chi connectivity index (χ2v) is 5.98. The van der Waals surface area contributed by atoms with Gasteiger partial charge in [0.2, 0.25) is 5.88 Å². The van der Waals surface area contributed by atoms with Crippen LogP contribution in [0.25, 0.3) is 0 Å². The zero-order valence-corrected chi connectivity index (χ0v) is 14.3. The van der Waals surface area contributed by atoms with Crippen molar-refractivity contribution in [2.24, 2.45) is 0 Å². The molecule has 0 atom stereocenters. The van der Waals surface area contributed by atoms with E-state index < -0.39 is 17.2 Å². The maximum atomic E-state index is 13.0. The maximum Gasteiger partial charge on any atom is 0.271 e. The van der Waals surface area contributed by atoms with Gasteiger partial charge in [-0.25, -0.2) is 0 Å². The summed E-state index contributed by atoms with van der Waals surface area (Å²) < 4.78 is 6.19. The summed E-state index contributed by atoms with van der Waals surface area (Å²) in [6.45, 7) is 3.25. The number of pyridine rings is 1. The van der Waals surface area contributed by atoms with Crippen LogP contribution in [0.4, 0.5) is 0 Å². The van der Waals surface area contributed by atoms with Crippen LogP contribution in [0.2, 0.25) is 0 Å². The van der Waals surface area contributed by atoms with Crippen LogP contribution < -0.4 is 5.56 Å². The zero-order chi connectivity index (χ0) is 18.8. The van der Waals surface area contributed by atoms with Gasteiger partial charge >= 0.3 is 0 Å². The number of benzene rings is 1. The molecule has 0 saturated heterocycles. The summed E-state index contributed by atoms with van der Waals surface area (Å²) in [7, 11) is 0. The smallest absolute Gasteiger partial charge is 0.271 e. The molecule has 0 unspecified atom stereocenters. The van der Waals surface area contributed by atoms with Gasteiger partial charge in [-0.05, 0) is 37.6 Å². The van der Waals surface area contributed by atoms with E-state index in [2.05, 4.69) is 0 Å². The van der Waals surface area contributed by atoms with Gasteiger partial charge in [0, 0.05) is 5.56 Å². The number of furan rings is 1. The molecule has 0 radical (unpaired) electrons. The highest BCUT2D eigenvalue weighted by Crippen LogP contribution is 2.26. The van der Waals surface area contributed by atoms with Crippen molar-refractivity contribution in [2.75, 3.05) is 0 Å². The molecule has 3 aromatic rings. The van der Waals surface area contributed by atoms with E-state index in [1.165, 1.54) is 13.2 Å². The van der Waals surface area contributed by atoms with Crippen LogP contribution in [0.5, 0.6) is 5.88 Å².